The van der Waals surface area contributed by atoms with Gasteiger partial charge in [-0.2, -0.15) is 5.10 Å². The Hall–Kier alpha value is -1.65. The summed E-state index contributed by atoms with van der Waals surface area (Å²) in [5.74, 6) is 0.815. The van der Waals surface area contributed by atoms with Gasteiger partial charge >= 0.3 is 0 Å². The van der Waals surface area contributed by atoms with E-state index in [2.05, 4.69) is 39.3 Å². The topological polar surface area (TPSA) is 66.5 Å². The summed E-state index contributed by atoms with van der Waals surface area (Å²) in [7, 11) is 0. The first kappa shape index (κ1) is 10.9. The van der Waals surface area contributed by atoms with E-state index < -0.39 is 0 Å². The molecule has 0 radical (unpaired) electrons. The first-order valence-corrected chi connectivity index (χ1v) is 5.64. The maximum absolute atomic E-state index is 4.24. The summed E-state index contributed by atoms with van der Waals surface area (Å²) in [5, 5.41) is 10.5. The molecule has 5 heteroatoms. The Labute approximate surface area is 94.7 Å². The van der Waals surface area contributed by atoms with Crippen LogP contribution in [-0.4, -0.2) is 26.2 Å². The van der Waals surface area contributed by atoms with Crippen LogP contribution < -0.4 is 5.32 Å². The van der Waals surface area contributed by atoms with E-state index >= 15 is 0 Å². The Morgan fingerprint density at radius 1 is 1.38 bits per heavy atom. The summed E-state index contributed by atoms with van der Waals surface area (Å²) in [5.41, 5.74) is 2.69. The molecule has 0 amide bonds. The van der Waals surface area contributed by atoms with Crippen LogP contribution in [0.2, 0.25) is 0 Å². The summed E-state index contributed by atoms with van der Waals surface area (Å²) in [6.07, 6.45) is 3.85. The van der Waals surface area contributed by atoms with E-state index in [0.717, 1.165) is 35.4 Å². The predicted octanol–water partition coefficient (Wildman–Crippen LogP) is 2.26. The van der Waals surface area contributed by atoms with Crippen molar-refractivity contribution in [2.24, 2.45) is 0 Å². The summed E-state index contributed by atoms with van der Waals surface area (Å²) in [6.45, 7) is 6.28. The number of aromatic amines is 1. The van der Waals surface area contributed by atoms with E-state index in [1.54, 1.807) is 6.33 Å². The highest BCUT2D eigenvalue weighted by atomic mass is 15.2. The minimum absolute atomic E-state index is 0.403. The zero-order valence-electron chi connectivity index (χ0n) is 9.91. The van der Waals surface area contributed by atoms with Gasteiger partial charge in [0.1, 0.15) is 11.8 Å². The van der Waals surface area contributed by atoms with Crippen LogP contribution in [0.4, 0.5) is 5.82 Å². The molecule has 1 atom stereocenters. The molecular formula is C11H17N5. The second kappa shape index (κ2) is 4.47. The van der Waals surface area contributed by atoms with Crippen LogP contribution in [0.5, 0.6) is 0 Å². The SMILES string of the molecule is CCC[C@H](C)Nc1ncnc2c(C)[nH]nc12. The lowest BCUT2D eigenvalue weighted by molar-refractivity contribution is 0.688. The van der Waals surface area contributed by atoms with Crippen molar-refractivity contribution in [3.63, 3.8) is 0 Å². The van der Waals surface area contributed by atoms with Gasteiger partial charge in [-0.15, -0.1) is 0 Å². The third kappa shape index (κ3) is 1.98. The largest absolute Gasteiger partial charge is 0.366 e. The van der Waals surface area contributed by atoms with Crippen molar-refractivity contribution in [3.8, 4) is 0 Å². The number of nitrogens with one attached hydrogen (secondary N) is 2. The highest BCUT2D eigenvalue weighted by Gasteiger charge is 2.10. The van der Waals surface area contributed by atoms with Crippen molar-refractivity contribution in [3.05, 3.63) is 12.0 Å². The lowest BCUT2D eigenvalue weighted by Gasteiger charge is -2.12. The molecule has 5 nitrogen and oxygen atoms in total. The third-order valence-electron chi connectivity index (χ3n) is 2.62. The van der Waals surface area contributed by atoms with Crippen LogP contribution in [-0.2, 0) is 0 Å². The van der Waals surface area contributed by atoms with Crippen LogP contribution in [0.15, 0.2) is 6.33 Å². The van der Waals surface area contributed by atoms with Crippen molar-refractivity contribution >= 4 is 16.9 Å². The second-order valence-corrected chi connectivity index (χ2v) is 4.10. The number of hydrogen-bond donors (Lipinski definition) is 2. The first-order valence-electron chi connectivity index (χ1n) is 5.64. The van der Waals surface area contributed by atoms with Gasteiger partial charge in [0, 0.05) is 6.04 Å². The molecule has 0 spiro atoms. The number of nitrogens with zero attached hydrogens (tertiary/aromatic N) is 3. The van der Waals surface area contributed by atoms with Crippen molar-refractivity contribution in [2.45, 2.75) is 39.7 Å². The zero-order chi connectivity index (χ0) is 11.5. The van der Waals surface area contributed by atoms with Crippen molar-refractivity contribution < 1.29 is 0 Å². The molecule has 0 saturated heterocycles. The van der Waals surface area contributed by atoms with Crippen molar-refractivity contribution in [1.29, 1.82) is 0 Å². The molecule has 2 aromatic heterocycles. The number of aryl methyl sites for hydroxylation is 1. The Bertz CT molecular complexity index is 476. The highest BCUT2D eigenvalue weighted by molar-refractivity contribution is 5.86. The van der Waals surface area contributed by atoms with E-state index in [0.29, 0.717) is 6.04 Å². The van der Waals surface area contributed by atoms with Gasteiger partial charge in [0.05, 0.1) is 5.69 Å². The number of rotatable bonds is 4. The molecule has 0 unspecified atom stereocenters. The molecule has 86 valence electrons. The molecule has 0 bridgehead atoms. The van der Waals surface area contributed by atoms with Crippen LogP contribution in [0, 0.1) is 6.92 Å². The Morgan fingerprint density at radius 2 is 2.19 bits per heavy atom. The molecule has 0 saturated carbocycles. The molecular weight excluding hydrogens is 202 g/mol. The number of aromatic nitrogens is 4. The van der Waals surface area contributed by atoms with Crippen LogP contribution in [0.25, 0.3) is 11.0 Å². The average molecular weight is 219 g/mol. The molecule has 0 aliphatic rings. The van der Waals surface area contributed by atoms with Crippen LogP contribution in [0.1, 0.15) is 32.4 Å². The third-order valence-corrected chi connectivity index (χ3v) is 2.62. The normalized spacial score (nSPS) is 12.9. The molecule has 0 aliphatic heterocycles. The van der Waals surface area contributed by atoms with Gasteiger partial charge in [0.2, 0.25) is 0 Å². The highest BCUT2D eigenvalue weighted by Crippen LogP contribution is 2.19. The maximum atomic E-state index is 4.24. The zero-order valence-corrected chi connectivity index (χ0v) is 9.91. The number of hydrogen-bond acceptors (Lipinski definition) is 4. The molecule has 0 aliphatic carbocycles. The average Bonchev–Trinajstić information content (AvgIpc) is 2.62. The van der Waals surface area contributed by atoms with Gasteiger partial charge in [-0.1, -0.05) is 13.3 Å². The summed E-state index contributed by atoms with van der Waals surface area (Å²) in [4.78, 5) is 8.45. The van der Waals surface area contributed by atoms with Crippen LogP contribution >= 0.6 is 0 Å². The fraction of sp³-hybridized carbons (Fsp3) is 0.545. The molecule has 0 aromatic carbocycles. The minimum atomic E-state index is 0.403. The smallest absolute Gasteiger partial charge is 0.158 e. The van der Waals surface area contributed by atoms with E-state index in [4.69, 9.17) is 0 Å². The van der Waals surface area contributed by atoms with E-state index in [1.807, 2.05) is 6.92 Å². The standard InChI is InChI=1S/C11H17N5/c1-4-5-7(2)14-11-10-9(12-6-13-11)8(3)15-16-10/h6-7H,4-5H2,1-3H3,(H,15,16)(H,12,13,14)/t7-/m0/s1. The molecule has 2 N–H and O–H groups in total. The fourth-order valence-electron chi connectivity index (χ4n) is 1.80. The fourth-order valence-corrected chi connectivity index (χ4v) is 1.80. The van der Waals surface area contributed by atoms with E-state index in [1.165, 1.54) is 0 Å². The number of anilines is 1. The predicted molar refractivity (Wildman–Crippen MR) is 64.4 cm³/mol. The second-order valence-electron chi connectivity index (χ2n) is 4.10. The molecule has 2 heterocycles. The molecule has 16 heavy (non-hydrogen) atoms. The Balaban J connectivity index is 2.30. The van der Waals surface area contributed by atoms with Gasteiger partial charge in [-0.3, -0.25) is 5.10 Å². The summed E-state index contributed by atoms with van der Waals surface area (Å²) < 4.78 is 0. The quantitative estimate of drug-likeness (QED) is 0.827. The number of fused-ring (bicyclic) bond motifs is 1. The molecule has 2 aromatic rings. The monoisotopic (exact) mass is 219 g/mol. The van der Waals surface area contributed by atoms with Gasteiger partial charge in [0.15, 0.2) is 11.3 Å². The van der Waals surface area contributed by atoms with E-state index in [9.17, 15) is 0 Å². The Morgan fingerprint density at radius 3 is 2.94 bits per heavy atom. The van der Waals surface area contributed by atoms with Gasteiger partial charge in [-0.05, 0) is 20.3 Å². The van der Waals surface area contributed by atoms with Gasteiger partial charge in [-0.25, -0.2) is 9.97 Å². The number of H-pyrrole nitrogens is 1. The Kier molecular flexibility index (Phi) is 3.03. The van der Waals surface area contributed by atoms with Crippen molar-refractivity contribution in [2.75, 3.05) is 5.32 Å². The molecule has 2 rings (SSSR count). The summed E-state index contributed by atoms with van der Waals surface area (Å²) >= 11 is 0. The molecule has 0 fully saturated rings. The lowest BCUT2D eigenvalue weighted by atomic mass is 10.2. The van der Waals surface area contributed by atoms with Crippen LogP contribution in [0.3, 0.4) is 0 Å². The van der Waals surface area contributed by atoms with Gasteiger partial charge < -0.3 is 5.32 Å². The first-order chi connectivity index (χ1) is 7.72. The lowest BCUT2D eigenvalue weighted by Crippen LogP contribution is -2.15. The van der Waals surface area contributed by atoms with Crippen molar-refractivity contribution in [1.82, 2.24) is 20.2 Å². The minimum Gasteiger partial charge on any atom is -0.366 e. The van der Waals surface area contributed by atoms with E-state index in [-0.39, 0.29) is 0 Å². The maximum Gasteiger partial charge on any atom is 0.158 e. The summed E-state index contributed by atoms with van der Waals surface area (Å²) in [6, 6.07) is 0.403. The van der Waals surface area contributed by atoms with Gasteiger partial charge in [0.25, 0.3) is 0 Å².